The number of rotatable bonds is 4. The molecule has 0 saturated heterocycles. The van der Waals surface area contributed by atoms with E-state index in [4.69, 9.17) is 0 Å². The van der Waals surface area contributed by atoms with Crippen molar-refractivity contribution in [3.8, 4) is 0 Å². The summed E-state index contributed by atoms with van der Waals surface area (Å²) in [5, 5.41) is 10.6. The Bertz CT molecular complexity index is 753. The number of non-ortho nitro benzene ring substituents is 1. The highest BCUT2D eigenvalue weighted by Gasteiger charge is 2.21. The minimum atomic E-state index is -3.68. The van der Waals surface area contributed by atoms with Crippen LogP contribution in [0.1, 0.15) is 5.56 Å². The Balaban J connectivity index is 2.35. The van der Waals surface area contributed by atoms with Gasteiger partial charge < -0.3 is 0 Å². The Morgan fingerprint density at radius 1 is 1.00 bits per heavy atom. The van der Waals surface area contributed by atoms with E-state index in [1.165, 1.54) is 43.4 Å². The van der Waals surface area contributed by atoms with Crippen LogP contribution in [0.5, 0.6) is 0 Å². The predicted molar refractivity (Wildman–Crippen MR) is 79.9 cm³/mol. The second-order valence-electron chi connectivity index (χ2n) is 4.56. The summed E-state index contributed by atoms with van der Waals surface area (Å²) in [6, 6.07) is 11.9. The monoisotopic (exact) mass is 306 g/mol. The van der Waals surface area contributed by atoms with E-state index < -0.39 is 14.9 Å². The average Bonchev–Trinajstić information content (AvgIpc) is 2.47. The van der Waals surface area contributed by atoms with Crippen molar-refractivity contribution in [1.29, 1.82) is 0 Å². The molecule has 0 bridgehead atoms. The summed E-state index contributed by atoms with van der Waals surface area (Å²) in [5.74, 6) is 0. The number of anilines is 1. The van der Waals surface area contributed by atoms with Gasteiger partial charge in [0.25, 0.3) is 15.7 Å². The number of sulfonamides is 1. The number of nitro groups is 1. The lowest BCUT2D eigenvalue weighted by Crippen LogP contribution is -2.26. The number of nitro benzene ring substituents is 1. The molecule has 2 aromatic rings. The molecule has 6 nitrogen and oxygen atoms in total. The standard InChI is InChI=1S/C14H14N2O4S/c1-11-3-9-14(10-4-11)21(19,20)15(2)12-5-7-13(8-6-12)16(17)18/h3-10H,1-2H3. The lowest BCUT2D eigenvalue weighted by molar-refractivity contribution is -0.384. The van der Waals surface area contributed by atoms with E-state index in [0.29, 0.717) is 5.69 Å². The summed E-state index contributed by atoms with van der Waals surface area (Å²) < 4.78 is 26.0. The van der Waals surface area contributed by atoms with E-state index in [2.05, 4.69) is 0 Å². The Hall–Kier alpha value is -2.41. The Labute approximate surface area is 122 Å². The third-order valence-corrected chi connectivity index (χ3v) is 4.90. The summed E-state index contributed by atoms with van der Waals surface area (Å²) in [7, 11) is -2.27. The zero-order valence-corrected chi connectivity index (χ0v) is 12.4. The van der Waals surface area contributed by atoms with Gasteiger partial charge in [0.1, 0.15) is 0 Å². The maximum atomic E-state index is 12.5. The normalized spacial score (nSPS) is 11.1. The molecule has 2 rings (SSSR count). The number of benzene rings is 2. The van der Waals surface area contributed by atoms with Gasteiger partial charge in [0, 0.05) is 19.2 Å². The van der Waals surface area contributed by atoms with Crippen LogP contribution >= 0.6 is 0 Å². The largest absolute Gasteiger partial charge is 0.269 e. The molecule has 7 heteroatoms. The SMILES string of the molecule is Cc1ccc(S(=O)(=O)N(C)c2ccc([N+](=O)[O-])cc2)cc1. The highest BCUT2D eigenvalue weighted by atomic mass is 32.2. The Morgan fingerprint density at radius 3 is 2.00 bits per heavy atom. The maximum absolute atomic E-state index is 12.5. The van der Waals surface area contributed by atoms with Crippen molar-refractivity contribution in [1.82, 2.24) is 0 Å². The van der Waals surface area contributed by atoms with E-state index in [1.54, 1.807) is 12.1 Å². The Kier molecular flexibility index (Phi) is 3.95. The van der Waals surface area contributed by atoms with Gasteiger partial charge >= 0.3 is 0 Å². The lowest BCUT2D eigenvalue weighted by atomic mass is 10.2. The zero-order valence-electron chi connectivity index (χ0n) is 11.6. The third-order valence-electron chi connectivity index (χ3n) is 3.10. The van der Waals surface area contributed by atoms with Crippen molar-refractivity contribution in [2.75, 3.05) is 11.4 Å². The molecule has 0 spiro atoms. The van der Waals surface area contributed by atoms with Gasteiger partial charge in [-0.2, -0.15) is 0 Å². The maximum Gasteiger partial charge on any atom is 0.269 e. The molecule has 0 fully saturated rings. The summed E-state index contributed by atoms with van der Waals surface area (Å²) in [6.45, 7) is 1.87. The first kappa shape index (κ1) is 15.0. The average molecular weight is 306 g/mol. The number of hydrogen-bond acceptors (Lipinski definition) is 4. The van der Waals surface area contributed by atoms with E-state index in [1.807, 2.05) is 6.92 Å². The first-order valence-corrected chi connectivity index (χ1v) is 7.56. The van der Waals surface area contributed by atoms with Crippen LogP contribution in [0.15, 0.2) is 53.4 Å². The van der Waals surface area contributed by atoms with Gasteiger partial charge in [-0.1, -0.05) is 17.7 Å². The number of nitrogens with zero attached hydrogens (tertiary/aromatic N) is 2. The molecule has 0 heterocycles. The summed E-state index contributed by atoms with van der Waals surface area (Å²) in [5.41, 5.74) is 1.24. The van der Waals surface area contributed by atoms with Crippen molar-refractivity contribution in [2.45, 2.75) is 11.8 Å². The summed E-state index contributed by atoms with van der Waals surface area (Å²) in [6.07, 6.45) is 0. The van der Waals surface area contributed by atoms with Crippen molar-refractivity contribution in [3.05, 3.63) is 64.2 Å². The van der Waals surface area contributed by atoms with E-state index in [-0.39, 0.29) is 10.6 Å². The fourth-order valence-corrected chi connectivity index (χ4v) is 2.99. The van der Waals surface area contributed by atoms with Crippen molar-refractivity contribution >= 4 is 21.4 Å². The molecule has 0 unspecified atom stereocenters. The van der Waals surface area contributed by atoms with E-state index in [9.17, 15) is 18.5 Å². The highest BCUT2D eigenvalue weighted by Crippen LogP contribution is 2.24. The van der Waals surface area contributed by atoms with Gasteiger partial charge in [-0.15, -0.1) is 0 Å². The molecule has 0 saturated carbocycles. The smallest absolute Gasteiger partial charge is 0.269 e. The van der Waals surface area contributed by atoms with E-state index in [0.717, 1.165) is 9.87 Å². The minimum Gasteiger partial charge on any atom is -0.269 e. The van der Waals surface area contributed by atoms with Crippen LogP contribution in [0, 0.1) is 17.0 Å². The summed E-state index contributed by atoms with van der Waals surface area (Å²) >= 11 is 0. The van der Waals surface area contributed by atoms with Crippen LogP contribution in [-0.2, 0) is 10.0 Å². The molecule has 0 atom stereocenters. The van der Waals surface area contributed by atoms with Crippen molar-refractivity contribution < 1.29 is 13.3 Å². The topological polar surface area (TPSA) is 80.5 Å². The third kappa shape index (κ3) is 3.03. The second kappa shape index (κ2) is 5.53. The molecule has 0 radical (unpaired) electrons. The van der Waals surface area contributed by atoms with Crippen LogP contribution in [-0.4, -0.2) is 20.4 Å². The molecule has 2 aromatic carbocycles. The number of hydrogen-bond donors (Lipinski definition) is 0. The minimum absolute atomic E-state index is 0.0834. The first-order chi connectivity index (χ1) is 9.82. The lowest BCUT2D eigenvalue weighted by Gasteiger charge is -2.19. The van der Waals surface area contributed by atoms with Crippen LogP contribution in [0.2, 0.25) is 0 Å². The summed E-state index contributed by atoms with van der Waals surface area (Å²) in [4.78, 5) is 10.3. The van der Waals surface area contributed by atoms with Crippen molar-refractivity contribution in [2.24, 2.45) is 0 Å². The molecular weight excluding hydrogens is 292 g/mol. The van der Waals surface area contributed by atoms with Gasteiger partial charge in [0.05, 0.1) is 15.5 Å². The molecule has 0 amide bonds. The van der Waals surface area contributed by atoms with Gasteiger partial charge in [-0.05, 0) is 31.2 Å². The molecular formula is C14H14N2O4S. The van der Waals surface area contributed by atoms with Gasteiger partial charge in [-0.3, -0.25) is 14.4 Å². The van der Waals surface area contributed by atoms with Crippen LogP contribution < -0.4 is 4.31 Å². The molecule has 0 aromatic heterocycles. The highest BCUT2D eigenvalue weighted by molar-refractivity contribution is 7.92. The first-order valence-electron chi connectivity index (χ1n) is 6.12. The van der Waals surface area contributed by atoms with Crippen LogP contribution in [0.3, 0.4) is 0 Å². The Morgan fingerprint density at radius 2 is 1.52 bits per heavy atom. The van der Waals surface area contributed by atoms with Gasteiger partial charge in [-0.25, -0.2) is 8.42 Å². The number of aryl methyl sites for hydroxylation is 1. The van der Waals surface area contributed by atoms with E-state index >= 15 is 0 Å². The molecule has 0 aliphatic rings. The predicted octanol–water partition coefficient (Wildman–Crippen LogP) is 2.73. The molecule has 0 aliphatic carbocycles. The fourth-order valence-electron chi connectivity index (χ4n) is 1.79. The zero-order chi connectivity index (χ0) is 15.6. The molecule has 21 heavy (non-hydrogen) atoms. The fraction of sp³-hybridized carbons (Fsp3) is 0.143. The molecule has 0 N–H and O–H groups in total. The molecule has 0 aliphatic heterocycles. The van der Waals surface area contributed by atoms with Crippen LogP contribution in [0.4, 0.5) is 11.4 Å². The van der Waals surface area contributed by atoms with Crippen LogP contribution in [0.25, 0.3) is 0 Å². The quantitative estimate of drug-likeness (QED) is 0.642. The van der Waals surface area contributed by atoms with Gasteiger partial charge in [0.15, 0.2) is 0 Å². The second-order valence-corrected chi connectivity index (χ2v) is 6.53. The van der Waals surface area contributed by atoms with Crippen molar-refractivity contribution in [3.63, 3.8) is 0 Å². The molecule has 110 valence electrons. The van der Waals surface area contributed by atoms with Gasteiger partial charge in [0.2, 0.25) is 0 Å².